The number of carbonyl (C=O) groups excluding carboxylic acids is 3. The minimum atomic E-state index is -1.05. The SMILES string of the molecule is CCCCCNc1nc2c(=S)nc[nH]c2n1[C@@H]1O[C@H](COC(C)=O)[C@@H](OC(C)=O)[C@H]1OC(C)=O. The van der Waals surface area contributed by atoms with Gasteiger partial charge in [0.25, 0.3) is 0 Å². The number of aromatic nitrogens is 4. The van der Waals surface area contributed by atoms with Crippen molar-refractivity contribution < 1.29 is 33.3 Å². The number of rotatable bonds is 10. The van der Waals surface area contributed by atoms with Crippen LogP contribution in [0.1, 0.15) is 53.2 Å². The molecule has 2 N–H and O–H groups in total. The number of ether oxygens (including phenoxy) is 4. The van der Waals surface area contributed by atoms with E-state index in [-0.39, 0.29) is 11.2 Å². The number of hydrogen-bond acceptors (Lipinski definition) is 11. The second-order valence-electron chi connectivity index (χ2n) is 7.86. The standard InChI is InChI=1S/C21H29N5O7S/c1-5-6-7-8-22-21-25-15-18(23-10-24-19(15)34)26(21)20-17(32-13(4)29)16(31-12(3)28)14(33-20)9-30-11(2)27/h10,14,16-17,20H,5-9H2,1-4H3,(H,22,25)(H,23,24,34)/t14-,16-,17-,20-/m1/s1. The van der Waals surface area contributed by atoms with E-state index in [2.05, 4.69) is 27.2 Å². The van der Waals surface area contributed by atoms with Gasteiger partial charge in [-0.25, -0.2) is 9.97 Å². The van der Waals surface area contributed by atoms with Crippen LogP contribution in [-0.4, -0.2) is 68.9 Å². The van der Waals surface area contributed by atoms with Crippen LogP contribution in [0, 0.1) is 4.64 Å². The lowest BCUT2D eigenvalue weighted by atomic mass is 10.1. The molecule has 3 rings (SSSR count). The summed E-state index contributed by atoms with van der Waals surface area (Å²) in [5.74, 6) is -1.31. The molecule has 0 aliphatic carbocycles. The molecule has 1 aliphatic rings. The van der Waals surface area contributed by atoms with Crippen LogP contribution in [0.15, 0.2) is 6.33 Å². The lowest BCUT2D eigenvalue weighted by molar-refractivity contribution is -0.166. The topological polar surface area (TPSA) is 147 Å². The van der Waals surface area contributed by atoms with E-state index >= 15 is 0 Å². The molecule has 1 fully saturated rings. The molecule has 0 bridgehead atoms. The van der Waals surface area contributed by atoms with Crippen LogP contribution >= 0.6 is 12.2 Å². The normalized spacial score (nSPS) is 21.9. The molecule has 34 heavy (non-hydrogen) atoms. The van der Waals surface area contributed by atoms with E-state index < -0.39 is 42.4 Å². The van der Waals surface area contributed by atoms with E-state index in [4.69, 9.17) is 31.2 Å². The molecule has 0 amide bonds. The van der Waals surface area contributed by atoms with E-state index in [9.17, 15) is 14.4 Å². The molecule has 2 aromatic heterocycles. The summed E-state index contributed by atoms with van der Waals surface area (Å²) in [4.78, 5) is 47.0. The highest BCUT2D eigenvalue weighted by Gasteiger charge is 2.51. The van der Waals surface area contributed by atoms with Gasteiger partial charge in [0.15, 0.2) is 23.1 Å². The summed E-state index contributed by atoms with van der Waals surface area (Å²) in [6.07, 6.45) is 0.479. The first-order valence-electron chi connectivity index (χ1n) is 11.1. The van der Waals surface area contributed by atoms with E-state index in [1.54, 1.807) is 4.57 Å². The fourth-order valence-electron chi connectivity index (χ4n) is 3.78. The van der Waals surface area contributed by atoms with Gasteiger partial charge < -0.3 is 29.2 Å². The van der Waals surface area contributed by atoms with Gasteiger partial charge in [0.05, 0.1) is 6.33 Å². The maximum Gasteiger partial charge on any atom is 0.303 e. The first-order chi connectivity index (χ1) is 16.2. The van der Waals surface area contributed by atoms with E-state index in [1.165, 1.54) is 27.1 Å². The molecular formula is C21H29N5O7S. The smallest absolute Gasteiger partial charge is 0.303 e. The molecule has 186 valence electrons. The second kappa shape index (κ2) is 11.4. The fraction of sp³-hybridized carbons (Fsp3) is 0.619. The third-order valence-electron chi connectivity index (χ3n) is 5.16. The largest absolute Gasteiger partial charge is 0.463 e. The quantitative estimate of drug-likeness (QED) is 0.217. The first-order valence-corrected chi connectivity index (χ1v) is 11.5. The van der Waals surface area contributed by atoms with Crippen molar-refractivity contribution in [2.75, 3.05) is 18.5 Å². The van der Waals surface area contributed by atoms with E-state index in [1.807, 2.05) is 0 Å². The number of anilines is 1. The van der Waals surface area contributed by atoms with Crippen molar-refractivity contribution in [3.63, 3.8) is 0 Å². The highest BCUT2D eigenvalue weighted by atomic mass is 32.1. The number of fused-ring (bicyclic) bond motifs is 1. The van der Waals surface area contributed by atoms with Crippen LogP contribution in [-0.2, 0) is 33.3 Å². The molecule has 0 saturated carbocycles. The third kappa shape index (κ3) is 5.89. The highest BCUT2D eigenvalue weighted by Crippen LogP contribution is 2.38. The van der Waals surface area contributed by atoms with Crippen molar-refractivity contribution in [2.45, 2.75) is 71.5 Å². The van der Waals surface area contributed by atoms with Crippen molar-refractivity contribution in [2.24, 2.45) is 0 Å². The monoisotopic (exact) mass is 495 g/mol. The Morgan fingerprint density at radius 2 is 1.85 bits per heavy atom. The lowest BCUT2D eigenvalue weighted by Gasteiger charge is -2.24. The zero-order valence-corrected chi connectivity index (χ0v) is 20.3. The maximum atomic E-state index is 12.0. The van der Waals surface area contributed by atoms with Crippen molar-refractivity contribution in [1.29, 1.82) is 0 Å². The molecule has 4 atom stereocenters. The summed E-state index contributed by atoms with van der Waals surface area (Å²) >= 11 is 5.34. The lowest BCUT2D eigenvalue weighted by Crippen LogP contribution is -2.40. The predicted octanol–water partition coefficient (Wildman–Crippen LogP) is 2.41. The van der Waals surface area contributed by atoms with Crippen molar-refractivity contribution >= 4 is 47.2 Å². The average Bonchev–Trinajstić information content (AvgIpc) is 3.28. The van der Waals surface area contributed by atoms with Crippen molar-refractivity contribution in [3.05, 3.63) is 11.0 Å². The number of unbranched alkanes of at least 4 members (excludes halogenated alkanes) is 2. The van der Waals surface area contributed by atoms with Crippen LogP contribution < -0.4 is 5.32 Å². The molecule has 12 nitrogen and oxygen atoms in total. The molecule has 3 heterocycles. The number of aromatic amines is 1. The first kappa shape index (κ1) is 25.6. The molecule has 0 spiro atoms. The number of hydrogen-bond donors (Lipinski definition) is 2. The summed E-state index contributed by atoms with van der Waals surface area (Å²) < 4.78 is 24.2. The molecule has 0 radical (unpaired) electrons. The van der Waals surface area contributed by atoms with Crippen molar-refractivity contribution in [3.8, 4) is 0 Å². The number of imidazole rings is 1. The van der Waals surface area contributed by atoms with Gasteiger partial charge in [-0.2, -0.15) is 0 Å². The van der Waals surface area contributed by atoms with E-state index in [0.29, 0.717) is 23.7 Å². The third-order valence-corrected chi connectivity index (χ3v) is 5.45. The average molecular weight is 496 g/mol. The summed E-state index contributed by atoms with van der Waals surface area (Å²) in [6.45, 7) is 6.27. The number of nitrogens with zero attached hydrogens (tertiary/aromatic N) is 3. The second-order valence-corrected chi connectivity index (χ2v) is 8.25. The number of esters is 3. The van der Waals surface area contributed by atoms with Crippen LogP contribution in [0.5, 0.6) is 0 Å². The zero-order valence-electron chi connectivity index (χ0n) is 19.5. The maximum absolute atomic E-state index is 12.0. The minimum absolute atomic E-state index is 0.203. The number of H-pyrrole nitrogens is 1. The summed E-state index contributed by atoms with van der Waals surface area (Å²) in [7, 11) is 0. The number of carbonyl (C=O) groups is 3. The Bertz CT molecular complexity index is 1100. The highest BCUT2D eigenvalue weighted by molar-refractivity contribution is 7.71. The van der Waals surface area contributed by atoms with Gasteiger partial charge >= 0.3 is 17.9 Å². The molecular weight excluding hydrogens is 466 g/mol. The Balaban J connectivity index is 2.07. The Morgan fingerprint density at radius 3 is 2.50 bits per heavy atom. The number of nitrogens with one attached hydrogen (secondary N) is 2. The minimum Gasteiger partial charge on any atom is -0.463 e. The molecule has 0 unspecified atom stereocenters. The van der Waals surface area contributed by atoms with Crippen molar-refractivity contribution in [1.82, 2.24) is 19.5 Å². The fourth-order valence-corrected chi connectivity index (χ4v) is 3.98. The van der Waals surface area contributed by atoms with Crippen LogP contribution in [0.2, 0.25) is 0 Å². The summed E-state index contributed by atoms with van der Waals surface area (Å²) in [6, 6.07) is 0. The predicted molar refractivity (Wildman–Crippen MR) is 122 cm³/mol. The summed E-state index contributed by atoms with van der Waals surface area (Å²) in [5, 5.41) is 3.28. The summed E-state index contributed by atoms with van der Waals surface area (Å²) in [5.41, 5.74) is 0.906. The molecule has 1 saturated heterocycles. The van der Waals surface area contributed by atoms with Crippen LogP contribution in [0.25, 0.3) is 11.2 Å². The zero-order chi connectivity index (χ0) is 24.8. The van der Waals surface area contributed by atoms with Gasteiger partial charge in [-0.3, -0.25) is 19.0 Å². The van der Waals surface area contributed by atoms with Crippen LogP contribution in [0.4, 0.5) is 5.95 Å². The molecule has 0 aromatic carbocycles. The Labute approximate surface area is 201 Å². The molecule has 2 aromatic rings. The van der Waals surface area contributed by atoms with Gasteiger partial charge in [-0.1, -0.05) is 32.0 Å². The molecule has 1 aliphatic heterocycles. The Hall–Kier alpha value is -3.06. The van der Waals surface area contributed by atoms with Gasteiger partial charge in [0, 0.05) is 27.3 Å². The Kier molecular flexibility index (Phi) is 8.56. The van der Waals surface area contributed by atoms with Gasteiger partial charge in [0.2, 0.25) is 5.95 Å². The van der Waals surface area contributed by atoms with Gasteiger partial charge in [0.1, 0.15) is 23.9 Å². The van der Waals surface area contributed by atoms with Crippen LogP contribution in [0.3, 0.4) is 0 Å². The van der Waals surface area contributed by atoms with E-state index in [0.717, 1.165) is 19.3 Å². The molecule has 13 heteroatoms. The van der Waals surface area contributed by atoms with Gasteiger partial charge in [-0.15, -0.1) is 0 Å². The van der Waals surface area contributed by atoms with Gasteiger partial charge in [-0.05, 0) is 6.42 Å². The Morgan fingerprint density at radius 1 is 1.15 bits per heavy atom.